The minimum atomic E-state index is -0.301. The summed E-state index contributed by atoms with van der Waals surface area (Å²) in [7, 11) is 0. The molecule has 5 heteroatoms. The van der Waals surface area contributed by atoms with Gasteiger partial charge in [-0.25, -0.2) is 0 Å². The van der Waals surface area contributed by atoms with Crippen molar-refractivity contribution in [3.05, 3.63) is 22.4 Å². The van der Waals surface area contributed by atoms with Gasteiger partial charge in [0.25, 0.3) is 0 Å². The van der Waals surface area contributed by atoms with Gasteiger partial charge in [-0.15, -0.1) is 11.3 Å². The van der Waals surface area contributed by atoms with Crippen LogP contribution in [0.25, 0.3) is 0 Å². The fraction of sp³-hybridized carbons (Fsp3) is 0.706. The van der Waals surface area contributed by atoms with Crippen molar-refractivity contribution in [1.29, 1.82) is 0 Å². The molecule has 0 radical (unpaired) electrons. The van der Waals surface area contributed by atoms with Crippen LogP contribution < -0.4 is 0 Å². The molecule has 1 saturated carbocycles. The van der Waals surface area contributed by atoms with Gasteiger partial charge < -0.3 is 10.1 Å². The molecule has 4 rings (SSSR count). The summed E-state index contributed by atoms with van der Waals surface area (Å²) in [6, 6.07) is 4.01. The Bertz CT molecular complexity index is 533. The predicted molar refractivity (Wildman–Crippen MR) is 86.1 cm³/mol. The number of hydrogen-bond acceptors (Lipinski definition) is 4. The first kappa shape index (κ1) is 14.7. The van der Waals surface area contributed by atoms with Gasteiger partial charge in [0.05, 0.1) is 0 Å². The molecule has 4 nitrogen and oxygen atoms in total. The molecule has 1 aromatic rings. The quantitative estimate of drug-likeness (QED) is 0.911. The van der Waals surface area contributed by atoms with Crippen molar-refractivity contribution in [2.75, 3.05) is 19.6 Å². The number of hydrogen-bond donors (Lipinski definition) is 1. The molecule has 1 unspecified atom stereocenters. The van der Waals surface area contributed by atoms with E-state index < -0.39 is 0 Å². The molecule has 0 bridgehead atoms. The van der Waals surface area contributed by atoms with Crippen LogP contribution in [0.15, 0.2) is 17.5 Å². The van der Waals surface area contributed by atoms with E-state index in [0.717, 1.165) is 38.8 Å². The van der Waals surface area contributed by atoms with Crippen molar-refractivity contribution >= 4 is 17.2 Å². The summed E-state index contributed by atoms with van der Waals surface area (Å²) < 4.78 is 0. The molecule has 2 aliphatic heterocycles. The monoisotopic (exact) mass is 320 g/mol. The van der Waals surface area contributed by atoms with E-state index in [9.17, 15) is 10.0 Å². The van der Waals surface area contributed by atoms with Gasteiger partial charge in [0, 0.05) is 24.5 Å². The van der Waals surface area contributed by atoms with Crippen LogP contribution in [0.2, 0.25) is 0 Å². The van der Waals surface area contributed by atoms with E-state index in [4.69, 9.17) is 0 Å². The maximum absolute atomic E-state index is 12.7. The first-order chi connectivity index (χ1) is 10.7. The summed E-state index contributed by atoms with van der Waals surface area (Å²) >= 11 is 1.82. The summed E-state index contributed by atoms with van der Waals surface area (Å²) in [5, 5.41) is 13.7. The molecule has 3 heterocycles. The van der Waals surface area contributed by atoms with Crippen LogP contribution in [0.3, 0.4) is 0 Å². The van der Waals surface area contributed by atoms with Gasteiger partial charge in [-0.2, -0.15) is 5.06 Å². The Morgan fingerprint density at radius 1 is 1.23 bits per heavy atom. The van der Waals surface area contributed by atoms with E-state index in [0.29, 0.717) is 17.9 Å². The van der Waals surface area contributed by atoms with E-state index in [-0.39, 0.29) is 11.9 Å². The number of carbonyl (C=O) groups excluding carboxylic acids is 1. The Morgan fingerprint density at radius 3 is 2.59 bits per heavy atom. The van der Waals surface area contributed by atoms with E-state index in [1.54, 1.807) is 0 Å². The topological polar surface area (TPSA) is 43.8 Å². The summed E-state index contributed by atoms with van der Waals surface area (Å²) in [6.07, 6.45) is 6.46. The molecule has 1 aromatic heterocycles. The third-order valence-corrected chi connectivity index (χ3v) is 6.83. The molecule has 22 heavy (non-hydrogen) atoms. The van der Waals surface area contributed by atoms with Crippen molar-refractivity contribution in [2.24, 2.45) is 5.41 Å². The van der Waals surface area contributed by atoms with Crippen molar-refractivity contribution in [1.82, 2.24) is 9.96 Å². The van der Waals surface area contributed by atoms with Crippen LogP contribution in [0.1, 0.15) is 49.3 Å². The molecule has 1 amide bonds. The molecular formula is C17H24N2O2S. The van der Waals surface area contributed by atoms with E-state index in [2.05, 4.69) is 17.5 Å². The number of amides is 1. The lowest BCUT2D eigenvalue weighted by atomic mass is 9.90. The van der Waals surface area contributed by atoms with Crippen LogP contribution in [-0.2, 0) is 4.79 Å². The van der Waals surface area contributed by atoms with Crippen molar-refractivity contribution in [3.63, 3.8) is 0 Å². The summed E-state index contributed by atoms with van der Waals surface area (Å²) in [4.78, 5) is 16.1. The smallest absolute Gasteiger partial charge is 0.242 e. The predicted octanol–water partition coefficient (Wildman–Crippen LogP) is 3.09. The second-order valence-corrected chi connectivity index (χ2v) is 8.25. The standard InChI is InChI=1S/C17H24N2O2S/c20-16(14-3-6-17(7-8-17)12-19(14)21)18-9-4-13(5-10-18)15-2-1-11-22-15/h1-2,11,13-14,21H,3-10,12H2. The first-order valence-electron chi connectivity index (χ1n) is 8.45. The number of rotatable bonds is 2. The van der Waals surface area contributed by atoms with Gasteiger partial charge in [0.15, 0.2) is 0 Å². The van der Waals surface area contributed by atoms with Gasteiger partial charge >= 0.3 is 0 Å². The largest absolute Gasteiger partial charge is 0.341 e. The maximum atomic E-state index is 12.7. The lowest BCUT2D eigenvalue weighted by Gasteiger charge is -2.39. The Balaban J connectivity index is 1.34. The minimum Gasteiger partial charge on any atom is -0.341 e. The molecular weight excluding hydrogens is 296 g/mol. The molecule has 1 aliphatic carbocycles. The number of piperidine rings is 2. The zero-order chi connectivity index (χ0) is 15.2. The average Bonchev–Trinajstić information content (AvgIpc) is 3.06. The summed E-state index contributed by atoms with van der Waals surface area (Å²) in [6.45, 7) is 2.35. The fourth-order valence-electron chi connectivity index (χ4n) is 4.08. The van der Waals surface area contributed by atoms with Gasteiger partial charge in [-0.1, -0.05) is 6.07 Å². The second kappa shape index (κ2) is 5.62. The molecule has 1 atom stereocenters. The van der Waals surface area contributed by atoms with Crippen LogP contribution in [0.4, 0.5) is 0 Å². The molecule has 0 aromatic carbocycles. The summed E-state index contributed by atoms with van der Waals surface area (Å²) in [5.41, 5.74) is 0.345. The van der Waals surface area contributed by atoms with Crippen LogP contribution in [0.5, 0.6) is 0 Å². The van der Waals surface area contributed by atoms with Crippen LogP contribution in [0, 0.1) is 5.41 Å². The molecule has 3 fully saturated rings. The van der Waals surface area contributed by atoms with Crippen molar-refractivity contribution < 1.29 is 10.0 Å². The van der Waals surface area contributed by atoms with Gasteiger partial charge in [0.2, 0.25) is 5.91 Å². The van der Waals surface area contributed by atoms with Gasteiger partial charge in [-0.3, -0.25) is 4.79 Å². The number of hydroxylamine groups is 2. The van der Waals surface area contributed by atoms with E-state index >= 15 is 0 Å². The highest BCUT2D eigenvalue weighted by Crippen LogP contribution is 2.52. The number of likely N-dealkylation sites (tertiary alicyclic amines) is 1. The van der Waals surface area contributed by atoms with Crippen molar-refractivity contribution in [2.45, 2.75) is 50.5 Å². The highest BCUT2D eigenvalue weighted by molar-refractivity contribution is 7.10. The van der Waals surface area contributed by atoms with Gasteiger partial charge in [-0.05, 0) is 61.3 Å². The highest BCUT2D eigenvalue weighted by Gasteiger charge is 2.49. The zero-order valence-corrected chi connectivity index (χ0v) is 13.7. The normalized spacial score (nSPS) is 29.0. The molecule has 2 saturated heterocycles. The zero-order valence-electron chi connectivity index (χ0n) is 12.9. The minimum absolute atomic E-state index is 0.141. The number of thiophene rings is 1. The Hall–Kier alpha value is -0.910. The van der Waals surface area contributed by atoms with Crippen molar-refractivity contribution in [3.8, 4) is 0 Å². The summed E-state index contributed by atoms with van der Waals surface area (Å²) in [5.74, 6) is 0.748. The number of carbonyl (C=O) groups is 1. The lowest BCUT2D eigenvalue weighted by molar-refractivity contribution is -0.180. The van der Waals surface area contributed by atoms with E-state index in [1.807, 2.05) is 16.2 Å². The van der Waals surface area contributed by atoms with Crippen LogP contribution in [-0.4, -0.2) is 46.8 Å². The molecule has 3 aliphatic rings. The Labute approximate surface area is 135 Å². The Kier molecular flexibility index (Phi) is 3.75. The van der Waals surface area contributed by atoms with E-state index in [1.165, 1.54) is 22.8 Å². The fourth-order valence-corrected chi connectivity index (χ4v) is 4.98. The third-order valence-electron chi connectivity index (χ3n) is 5.80. The van der Waals surface area contributed by atoms with Gasteiger partial charge in [0.1, 0.15) is 6.04 Å². The molecule has 120 valence electrons. The first-order valence-corrected chi connectivity index (χ1v) is 9.33. The number of nitrogens with zero attached hydrogens (tertiary/aromatic N) is 2. The lowest BCUT2D eigenvalue weighted by Crippen LogP contribution is -2.53. The average molecular weight is 320 g/mol. The molecule has 1 spiro atoms. The molecule has 1 N–H and O–H groups in total. The highest BCUT2D eigenvalue weighted by atomic mass is 32.1. The van der Waals surface area contributed by atoms with Crippen LogP contribution >= 0.6 is 11.3 Å². The third kappa shape index (κ3) is 2.70. The Morgan fingerprint density at radius 2 is 2.00 bits per heavy atom. The SMILES string of the molecule is O=C(C1CCC2(CC2)CN1O)N1CCC(c2cccs2)CC1. The maximum Gasteiger partial charge on any atom is 0.242 e. The second-order valence-electron chi connectivity index (χ2n) is 7.27.